The molecule has 1 aromatic rings. The zero-order valence-electron chi connectivity index (χ0n) is 11.6. The first-order chi connectivity index (χ1) is 9.00. The lowest BCUT2D eigenvalue weighted by molar-refractivity contribution is -0.154. The molecule has 3 fully saturated rings. The van der Waals surface area contributed by atoms with Crippen molar-refractivity contribution < 1.29 is 9.59 Å². The molecule has 3 saturated carbocycles. The van der Waals surface area contributed by atoms with E-state index in [0.717, 1.165) is 12.0 Å². The van der Waals surface area contributed by atoms with Crippen molar-refractivity contribution >= 4 is 11.6 Å². The minimum atomic E-state index is -0.0484. The van der Waals surface area contributed by atoms with Crippen LogP contribution in [0.25, 0.3) is 0 Å². The summed E-state index contributed by atoms with van der Waals surface area (Å²) in [5.74, 6) is 1.33. The summed E-state index contributed by atoms with van der Waals surface area (Å²) in [4.78, 5) is 24.4. The third-order valence-corrected chi connectivity index (χ3v) is 5.39. The van der Waals surface area contributed by atoms with Gasteiger partial charge in [-0.15, -0.1) is 0 Å². The van der Waals surface area contributed by atoms with E-state index in [0.29, 0.717) is 30.5 Å². The molecule has 1 aromatic carbocycles. The molecular formula is C17H20O2. The third-order valence-electron chi connectivity index (χ3n) is 5.39. The van der Waals surface area contributed by atoms with Crippen molar-refractivity contribution in [2.45, 2.75) is 33.1 Å². The van der Waals surface area contributed by atoms with Crippen LogP contribution in [0.1, 0.15) is 43.5 Å². The standard InChI is InChI=1S/C17H20O2/c1-17(2)12-8-14(17)13(16(19)9-12)10-15(18)11-6-4-3-5-7-11/h3-7,12-14H,8-10H2,1-2H3. The van der Waals surface area contributed by atoms with Gasteiger partial charge in [-0.2, -0.15) is 0 Å². The third kappa shape index (κ3) is 1.94. The quantitative estimate of drug-likeness (QED) is 0.775. The number of rotatable bonds is 3. The number of carbonyl (C=O) groups excluding carboxylic acids is 2. The topological polar surface area (TPSA) is 34.1 Å². The fourth-order valence-electron chi connectivity index (χ4n) is 3.90. The molecule has 19 heavy (non-hydrogen) atoms. The summed E-state index contributed by atoms with van der Waals surface area (Å²) in [6.45, 7) is 4.50. The Bertz CT molecular complexity index is 515. The van der Waals surface area contributed by atoms with E-state index in [2.05, 4.69) is 13.8 Å². The van der Waals surface area contributed by atoms with Crippen molar-refractivity contribution in [1.82, 2.24) is 0 Å². The van der Waals surface area contributed by atoms with Crippen LogP contribution in [-0.2, 0) is 4.79 Å². The van der Waals surface area contributed by atoms with Crippen molar-refractivity contribution in [1.29, 1.82) is 0 Å². The van der Waals surface area contributed by atoms with E-state index < -0.39 is 0 Å². The maximum absolute atomic E-state index is 12.3. The highest BCUT2D eigenvalue weighted by Crippen LogP contribution is 2.60. The number of carbonyl (C=O) groups is 2. The highest BCUT2D eigenvalue weighted by atomic mass is 16.1. The van der Waals surface area contributed by atoms with Gasteiger partial charge in [-0.1, -0.05) is 44.2 Å². The Morgan fingerprint density at radius 1 is 1.26 bits per heavy atom. The molecule has 100 valence electrons. The summed E-state index contributed by atoms with van der Waals surface area (Å²) in [5.41, 5.74) is 0.977. The Morgan fingerprint density at radius 3 is 2.58 bits per heavy atom. The molecule has 0 amide bonds. The molecular weight excluding hydrogens is 236 g/mol. The number of fused-ring (bicyclic) bond motifs is 2. The second-order valence-corrected chi connectivity index (χ2v) is 6.63. The van der Waals surface area contributed by atoms with Crippen molar-refractivity contribution in [3.05, 3.63) is 35.9 Å². The van der Waals surface area contributed by atoms with Gasteiger partial charge in [0.25, 0.3) is 0 Å². The van der Waals surface area contributed by atoms with Crippen LogP contribution in [0.15, 0.2) is 30.3 Å². The molecule has 3 unspecified atom stereocenters. The maximum Gasteiger partial charge on any atom is 0.163 e. The molecule has 2 heteroatoms. The Labute approximate surface area is 114 Å². The van der Waals surface area contributed by atoms with E-state index >= 15 is 0 Å². The fourth-order valence-corrected chi connectivity index (χ4v) is 3.90. The van der Waals surface area contributed by atoms with Crippen molar-refractivity contribution in [3.8, 4) is 0 Å². The van der Waals surface area contributed by atoms with E-state index in [1.54, 1.807) is 0 Å². The van der Waals surface area contributed by atoms with E-state index in [1.165, 1.54) is 0 Å². The molecule has 0 spiro atoms. The lowest BCUT2D eigenvalue weighted by atomic mass is 9.45. The summed E-state index contributed by atoms with van der Waals surface area (Å²) in [6, 6.07) is 9.33. The minimum absolute atomic E-state index is 0.0484. The number of benzene rings is 1. The Morgan fingerprint density at radius 2 is 1.95 bits per heavy atom. The molecule has 3 aliphatic carbocycles. The molecule has 2 bridgehead atoms. The van der Waals surface area contributed by atoms with Gasteiger partial charge >= 0.3 is 0 Å². The highest BCUT2D eigenvalue weighted by molar-refractivity contribution is 5.99. The average molecular weight is 256 g/mol. The lowest BCUT2D eigenvalue weighted by Crippen LogP contribution is -2.56. The van der Waals surface area contributed by atoms with Crippen LogP contribution in [0, 0.1) is 23.2 Å². The number of Topliss-reactive ketones (excluding diaryl/α,β-unsaturated/α-hetero) is 2. The monoisotopic (exact) mass is 256 g/mol. The van der Waals surface area contributed by atoms with E-state index in [1.807, 2.05) is 30.3 Å². The molecule has 2 nitrogen and oxygen atoms in total. The van der Waals surface area contributed by atoms with Gasteiger partial charge in [0.2, 0.25) is 0 Å². The van der Waals surface area contributed by atoms with E-state index in [4.69, 9.17) is 0 Å². The van der Waals surface area contributed by atoms with Gasteiger partial charge in [0, 0.05) is 24.3 Å². The SMILES string of the molecule is CC1(C)C2CC(=O)C(CC(=O)c3ccccc3)C1C2. The summed E-state index contributed by atoms with van der Waals surface area (Å²) in [6.07, 6.45) is 2.20. The molecule has 0 N–H and O–H groups in total. The first kappa shape index (κ1) is 12.6. The van der Waals surface area contributed by atoms with Crippen molar-refractivity contribution in [3.63, 3.8) is 0 Å². The molecule has 0 saturated heterocycles. The van der Waals surface area contributed by atoms with E-state index in [9.17, 15) is 9.59 Å². The van der Waals surface area contributed by atoms with Gasteiger partial charge in [0.05, 0.1) is 0 Å². The van der Waals surface area contributed by atoms with Gasteiger partial charge in [-0.05, 0) is 23.7 Å². The van der Waals surface area contributed by atoms with Crippen molar-refractivity contribution in [2.24, 2.45) is 23.2 Å². The second-order valence-electron chi connectivity index (χ2n) is 6.63. The number of hydrogen-bond acceptors (Lipinski definition) is 2. The van der Waals surface area contributed by atoms with Gasteiger partial charge in [-0.3, -0.25) is 9.59 Å². The first-order valence-corrected chi connectivity index (χ1v) is 7.11. The Balaban J connectivity index is 1.76. The molecule has 0 aromatic heterocycles. The zero-order chi connectivity index (χ0) is 13.6. The smallest absolute Gasteiger partial charge is 0.163 e. The number of hydrogen-bond donors (Lipinski definition) is 0. The van der Waals surface area contributed by atoms with Crippen LogP contribution in [0.3, 0.4) is 0 Å². The second kappa shape index (κ2) is 4.29. The molecule has 0 radical (unpaired) electrons. The summed E-state index contributed by atoms with van der Waals surface area (Å²) in [7, 11) is 0. The van der Waals surface area contributed by atoms with Gasteiger partial charge < -0.3 is 0 Å². The molecule has 0 heterocycles. The largest absolute Gasteiger partial charge is 0.299 e. The Kier molecular flexibility index (Phi) is 2.84. The molecule has 4 rings (SSSR count). The van der Waals surface area contributed by atoms with Crippen LogP contribution < -0.4 is 0 Å². The van der Waals surface area contributed by atoms with Crippen LogP contribution in [-0.4, -0.2) is 11.6 Å². The van der Waals surface area contributed by atoms with Gasteiger partial charge in [-0.25, -0.2) is 0 Å². The van der Waals surface area contributed by atoms with E-state index in [-0.39, 0.29) is 17.1 Å². The molecule has 3 atom stereocenters. The van der Waals surface area contributed by atoms with Crippen molar-refractivity contribution in [2.75, 3.05) is 0 Å². The van der Waals surface area contributed by atoms with Crippen LogP contribution in [0.5, 0.6) is 0 Å². The van der Waals surface area contributed by atoms with Crippen LogP contribution >= 0.6 is 0 Å². The van der Waals surface area contributed by atoms with Crippen LogP contribution in [0.2, 0.25) is 0 Å². The lowest BCUT2D eigenvalue weighted by Gasteiger charge is -2.59. The predicted octanol–water partition coefficient (Wildman–Crippen LogP) is 3.51. The summed E-state index contributed by atoms with van der Waals surface area (Å²) < 4.78 is 0. The zero-order valence-corrected chi connectivity index (χ0v) is 11.6. The van der Waals surface area contributed by atoms with Gasteiger partial charge in [0.15, 0.2) is 5.78 Å². The number of ketones is 2. The Hall–Kier alpha value is -1.44. The highest BCUT2D eigenvalue weighted by Gasteiger charge is 2.57. The molecule has 3 aliphatic rings. The van der Waals surface area contributed by atoms with Crippen LogP contribution in [0.4, 0.5) is 0 Å². The average Bonchev–Trinajstić information content (AvgIpc) is 2.41. The summed E-state index contributed by atoms with van der Waals surface area (Å²) in [5, 5.41) is 0. The fraction of sp³-hybridized carbons (Fsp3) is 0.529. The van der Waals surface area contributed by atoms with Gasteiger partial charge in [0.1, 0.15) is 5.78 Å². The summed E-state index contributed by atoms with van der Waals surface area (Å²) >= 11 is 0. The predicted molar refractivity (Wildman–Crippen MR) is 73.9 cm³/mol. The molecule has 0 aliphatic heterocycles. The minimum Gasteiger partial charge on any atom is -0.299 e. The maximum atomic E-state index is 12.3. The normalized spacial score (nSPS) is 31.7. The first-order valence-electron chi connectivity index (χ1n) is 7.11.